The third-order valence-corrected chi connectivity index (χ3v) is 2.26. The quantitative estimate of drug-likeness (QED) is 0.541. The Balaban J connectivity index is 3.07. The fourth-order valence-electron chi connectivity index (χ4n) is 1.45. The Kier molecular flexibility index (Phi) is 5.52. The second kappa shape index (κ2) is 6.80. The van der Waals surface area contributed by atoms with Gasteiger partial charge < -0.3 is 9.47 Å². The van der Waals surface area contributed by atoms with Crippen LogP contribution in [0, 0.1) is 0 Å². The molecule has 0 aliphatic carbocycles. The zero-order valence-corrected chi connectivity index (χ0v) is 14.7. The number of ether oxygens (including phenoxy) is 2. The molecular formula is C15H24N4O4. The maximum Gasteiger partial charge on any atom is 0.437 e. The van der Waals surface area contributed by atoms with Crippen LogP contribution in [0.2, 0.25) is 0 Å². The van der Waals surface area contributed by atoms with Gasteiger partial charge in [0.25, 0.3) is 0 Å². The summed E-state index contributed by atoms with van der Waals surface area (Å²) < 4.78 is 11.7. The Labute approximate surface area is 136 Å². The van der Waals surface area contributed by atoms with Crippen molar-refractivity contribution >= 4 is 18.1 Å². The molecule has 1 aromatic rings. The third-order valence-electron chi connectivity index (χ3n) is 2.26. The van der Waals surface area contributed by atoms with Crippen molar-refractivity contribution in [1.29, 1.82) is 0 Å². The molecule has 8 nitrogen and oxygen atoms in total. The lowest BCUT2D eigenvalue weighted by Crippen LogP contribution is -2.42. The van der Waals surface area contributed by atoms with Gasteiger partial charge in [-0.25, -0.2) is 19.2 Å². The van der Waals surface area contributed by atoms with E-state index in [-0.39, 0.29) is 5.96 Å². The van der Waals surface area contributed by atoms with Crippen LogP contribution in [-0.4, -0.2) is 51.1 Å². The summed E-state index contributed by atoms with van der Waals surface area (Å²) in [5.74, 6) is -0.0153. The van der Waals surface area contributed by atoms with E-state index in [1.807, 2.05) is 0 Å². The highest BCUT2D eigenvalue weighted by Gasteiger charge is 2.26. The molecule has 1 rings (SSSR count). The molecule has 0 atom stereocenters. The average Bonchev–Trinajstić information content (AvgIpc) is 2.84. The van der Waals surface area contributed by atoms with Gasteiger partial charge >= 0.3 is 12.2 Å². The lowest BCUT2D eigenvalue weighted by molar-refractivity contribution is 0.0395. The predicted octanol–water partition coefficient (Wildman–Crippen LogP) is 2.89. The van der Waals surface area contributed by atoms with Gasteiger partial charge in [-0.15, -0.1) is 4.99 Å². The van der Waals surface area contributed by atoms with Crippen LogP contribution in [0.15, 0.2) is 23.5 Å². The number of carbonyl (C=O) groups is 2. The molecule has 23 heavy (non-hydrogen) atoms. The summed E-state index contributed by atoms with van der Waals surface area (Å²) in [4.78, 5) is 29.1. The lowest BCUT2D eigenvalue weighted by Gasteiger charge is -2.25. The standard InChI is InChI=1S/C15H24N4O4/c1-14(2,3)22-12(20)17-11(19-10-8-9-16-19)18(7)13(21)23-15(4,5)6/h8-10H,1-7H3/b17-11+. The van der Waals surface area contributed by atoms with Gasteiger partial charge in [0.2, 0.25) is 5.96 Å². The van der Waals surface area contributed by atoms with Crippen molar-refractivity contribution in [3.8, 4) is 0 Å². The molecule has 1 heterocycles. The summed E-state index contributed by atoms with van der Waals surface area (Å²) in [5, 5.41) is 3.99. The predicted molar refractivity (Wildman–Crippen MR) is 85.3 cm³/mol. The maximum absolute atomic E-state index is 12.2. The number of aromatic nitrogens is 2. The number of aliphatic imine (C=N–C) groups is 1. The minimum absolute atomic E-state index is 0.0153. The zero-order chi connectivity index (χ0) is 17.8. The Morgan fingerprint density at radius 1 is 1.09 bits per heavy atom. The van der Waals surface area contributed by atoms with E-state index in [9.17, 15) is 9.59 Å². The molecule has 0 unspecified atom stereocenters. The van der Waals surface area contributed by atoms with Crippen molar-refractivity contribution < 1.29 is 19.1 Å². The lowest BCUT2D eigenvalue weighted by atomic mass is 10.2. The number of hydrogen-bond donors (Lipinski definition) is 0. The molecule has 128 valence electrons. The van der Waals surface area contributed by atoms with Gasteiger partial charge in [-0.3, -0.25) is 0 Å². The Morgan fingerprint density at radius 3 is 2.09 bits per heavy atom. The second-order valence-corrected chi connectivity index (χ2v) is 6.88. The monoisotopic (exact) mass is 324 g/mol. The molecule has 2 amide bonds. The molecule has 0 radical (unpaired) electrons. The van der Waals surface area contributed by atoms with Crippen LogP contribution in [0.5, 0.6) is 0 Å². The van der Waals surface area contributed by atoms with E-state index >= 15 is 0 Å². The van der Waals surface area contributed by atoms with Crippen molar-refractivity contribution in [3.63, 3.8) is 0 Å². The fourth-order valence-corrected chi connectivity index (χ4v) is 1.45. The molecule has 8 heteroatoms. The molecule has 1 aromatic heterocycles. The van der Waals surface area contributed by atoms with Crippen LogP contribution < -0.4 is 0 Å². The molecule has 0 aromatic carbocycles. The SMILES string of the molecule is CN(C(=O)OC(C)(C)C)/C(=N\C(=O)OC(C)(C)C)n1cccn1. The minimum Gasteiger partial charge on any atom is -0.443 e. The summed E-state index contributed by atoms with van der Waals surface area (Å²) in [7, 11) is 1.44. The average molecular weight is 324 g/mol. The molecule has 0 saturated carbocycles. The van der Waals surface area contributed by atoms with Crippen LogP contribution in [0.4, 0.5) is 9.59 Å². The van der Waals surface area contributed by atoms with Crippen molar-refractivity contribution in [1.82, 2.24) is 14.7 Å². The van der Waals surface area contributed by atoms with Crippen LogP contribution in [0.1, 0.15) is 41.5 Å². The Morgan fingerprint density at radius 2 is 1.65 bits per heavy atom. The molecular weight excluding hydrogens is 300 g/mol. The molecule has 0 spiro atoms. The van der Waals surface area contributed by atoms with Crippen molar-refractivity contribution in [3.05, 3.63) is 18.5 Å². The van der Waals surface area contributed by atoms with E-state index in [4.69, 9.17) is 9.47 Å². The van der Waals surface area contributed by atoms with Gasteiger partial charge in [-0.05, 0) is 47.6 Å². The smallest absolute Gasteiger partial charge is 0.437 e. The summed E-state index contributed by atoms with van der Waals surface area (Å²) in [6.45, 7) is 10.4. The summed E-state index contributed by atoms with van der Waals surface area (Å²) in [5.41, 5.74) is -1.37. The molecule has 0 aliphatic heterocycles. The second-order valence-electron chi connectivity index (χ2n) is 6.88. The first-order chi connectivity index (χ1) is 10.4. The largest absolute Gasteiger partial charge is 0.443 e. The van der Waals surface area contributed by atoms with Crippen LogP contribution >= 0.6 is 0 Å². The van der Waals surface area contributed by atoms with E-state index in [1.54, 1.807) is 53.8 Å². The van der Waals surface area contributed by atoms with E-state index in [1.165, 1.54) is 17.9 Å². The Bertz CT molecular complexity index is 580. The topological polar surface area (TPSA) is 86.0 Å². The number of hydrogen-bond acceptors (Lipinski definition) is 5. The van der Waals surface area contributed by atoms with Crippen molar-refractivity contribution in [2.45, 2.75) is 52.7 Å². The van der Waals surface area contributed by atoms with Crippen LogP contribution in [-0.2, 0) is 9.47 Å². The molecule has 0 N–H and O–H groups in total. The zero-order valence-electron chi connectivity index (χ0n) is 14.7. The van der Waals surface area contributed by atoms with Crippen molar-refractivity contribution in [2.24, 2.45) is 4.99 Å². The summed E-state index contributed by atoms with van der Waals surface area (Å²) in [6.07, 6.45) is 1.59. The minimum atomic E-state index is -0.821. The first kappa shape index (κ1) is 18.7. The van der Waals surface area contributed by atoms with Gasteiger partial charge in [-0.2, -0.15) is 5.10 Å². The number of carbonyl (C=O) groups excluding carboxylic acids is 2. The number of nitrogens with zero attached hydrogens (tertiary/aromatic N) is 4. The van der Waals surface area contributed by atoms with E-state index in [0.717, 1.165) is 4.90 Å². The van der Waals surface area contributed by atoms with Gasteiger partial charge in [0, 0.05) is 19.4 Å². The number of rotatable bonds is 0. The third kappa shape index (κ3) is 6.50. The highest BCUT2D eigenvalue weighted by Crippen LogP contribution is 2.11. The van der Waals surface area contributed by atoms with Gasteiger partial charge in [-0.1, -0.05) is 0 Å². The molecule has 0 saturated heterocycles. The number of amides is 2. The molecule has 0 aliphatic rings. The van der Waals surface area contributed by atoms with E-state index in [2.05, 4.69) is 10.1 Å². The first-order valence-corrected chi connectivity index (χ1v) is 7.17. The van der Waals surface area contributed by atoms with Crippen LogP contribution in [0.25, 0.3) is 0 Å². The van der Waals surface area contributed by atoms with Gasteiger partial charge in [0.15, 0.2) is 0 Å². The normalized spacial score (nSPS) is 12.7. The molecule has 0 fully saturated rings. The fraction of sp³-hybridized carbons (Fsp3) is 0.600. The highest BCUT2D eigenvalue weighted by atomic mass is 16.6. The van der Waals surface area contributed by atoms with E-state index in [0.29, 0.717) is 0 Å². The Hall–Kier alpha value is -2.38. The highest BCUT2D eigenvalue weighted by molar-refractivity contribution is 5.99. The van der Waals surface area contributed by atoms with Crippen LogP contribution in [0.3, 0.4) is 0 Å². The maximum atomic E-state index is 12.2. The van der Waals surface area contributed by atoms with Gasteiger partial charge in [0.05, 0.1) is 0 Å². The summed E-state index contributed by atoms with van der Waals surface area (Å²) >= 11 is 0. The summed E-state index contributed by atoms with van der Waals surface area (Å²) in [6, 6.07) is 1.65. The van der Waals surface area contributed by atoms with Crippen molar-refractivity contribution in [2.75, 3.05) is 7.05 Å². The first-order valence-electron chi connectivity index (χ1n) is 7.17. The molecule has 0 bridgehead atoms. The van der Waals surface area contributed by atoms with Gasteiger partial charge in [0.1, 0.15) is 11.2 Å². The van der Waals surface area contributed by atoms with E-state index < -0.39 is 23.4 Å².